The highest BCUT2D eigenvalue weighted by Gasteiger charge is 2.08. The fourth-order valence-electron chi connectivity index (χ4n) is 1.81. The van der Waals surface area contributed by atoms with Crippen molar-refractivity contribution in [2.75, 3.05) is 6.54 Å². The lowest BCUT2D eigenvalue weighted by Gasteiger charge is -2.05. The summed E-state index contributed by atoms with van der Waals surface area (Å²) in [5.41, 5.74) is 3.64. The minimum absolute atomic E-state index is 0.102. The Balaban J connectivity index is 1.73. The van der Waals surface area contributed by atoms with Gasteiger partial charge in [-0.15, -0.1) is 0 Å². The summed E-state index contributed by atoms with van der Waals surface area (Å²) in [4.78, 5) is 23.6. The number of halogens is 3. The molecule has 0 unspecified atom stereocenters. The molecule has 8 heteroatoms. The van der Waals surface area contributed by atoms with Crippen LogP contribution in [0.2, 0.25) is 10.0 Å². The third-order valence-electron chi connectivity index (χ3n) is 3.09. The Bertz CT molecular complexity index is 795. The van der Waals surface area contributed by atoms with Crippen LogP contribution >= 0.6 is 39.1 Å². The number of benzene rings is 2. The third-order valence-corrected chi connectivity index (χ3v) is 4.36. The van der Waals surface area contributed by atoms with E-state index in [1.54, 1.807) is 18.3 Å². The Kier molecular flexibility index (Phi) is 7.43. The summed E-state index contributed by atoms with van der Waals surface area (Å²) >= 11 is 15.0. The fraction of sp³-hybridized carbons (Fsp3) is 0.118. The second-order valence-electron chi connectivity index (χ2n) is 4.98. The van der Waals surface area contributed by atoms with E-state index in [0.29, 0.717) is 15.6 Å². The summed E-state index contributed by atoms with van der Waals surface area (Å²) in [6.45, 7) is 0.179. The normalized spacial score (nSPS) is 10.7. The van der Waals surface area contributed by atoms with Crippen LogP contribution in [0.25, 0.3) is 0 Å². The summed E-state index contributed by atoms with van der Waals surface area (Å²) in [5.74, 6) is -0.632. The molecular formula is C17H14BrCl2N3O2. The molecule has 0 aliphatic carbocycles. The van der Waals surface area contributed by atoms with Crippen molar-refractivity contribution < 1.29 is 9.59 Å². The van der Waals surface area contributed by atoms with Gasteiger partial charge in [-0.3, -0.25) is 9.59 Å². The third kappa shape index (κ3) is 6.49. The summed E-state index contributed by atoms with van der Waals surface area (Å²) < 4.78 is 0.964. The fourth-order valence-corrected chi connectivity index (χ4v) is 2.37. The predicted molar refractivity (Wildman–Crippen MR) is 103 cm³/mol. The van der Waals surface area contributed by atoms with Crippen molar-refractivity contribution in [2.45, 2.75) is 6.42 Å². The van der Waals surface area contributed by atoms with Crippen LogP contribution in [0, 0.1) is 0 Å². The predicted octanol–water partition coefficient (Wildman–Crippen LogP) is 4.03. The maximum absolute atomic E-state index is 11.9. The van der Waals surface area contributed by atoms with Gasteiger partial charge >= 0.3 is 0 Å². The maximum atomic E-state index is 11.9. The molecule has 0 aliphatic heterocycles. The monoisotopic (exact) mass is 441 g/mol. The molecule has 0 spiro atoms. The van der Waals surface area contributed by atoms with E-state index in [1.165, 1.54) is 6.07 Å². The highest BCUT2D eigenvalue weighted by Crippen LogP contribution is 2.22. The number of hydrogen-bond acceptors (Lipinski definition) is 3. The summed E-state index contributed by atoms with van der Waals surface area (Å²) in [6, 6.07) is 12.0. The van der Waals surface area contributed by atoms with Crippen molar-refractivity contribution >= 4 is 57.2 Å². The second kappa shape index (κ2) is 9.56. The lowest BCUT2D eigenvalue weighted by Crippen LogP contribution is -2.29. The van der Waals surface area contributed by atoms with Gasteiger partial charge in [-0.1, -0.05) is 51.3 Å². The van der Waals surface area contributed by atoms with Gasteiger partial charge in [0.2, 0.25) is 5.91 Å². The number of hydrogen-bond donors (Lipinski definition) is 2. The van der Waals surface area contributed by atoms with E-state index in [2.05, 4.69) is 31.8 Å². The number of rotatable bonds is 6. The van der Waals surface area contributed by atoms with Gasteiger partial charge in [0.15, 0.2) is 0 Å². The zero-order valence-electron chi connectivity index (χ0n) is 12.9. The Morgan fingerprint density at radius 3 is 2.48 bits per heavy atom. The number of carbonyl (C=O) groups is 2. The van der Waals surface area contributed by atoms with Crippen molar-refractivity contribution in [2.24, 2.45) is 5.10 Å². The molecule has 5 nitrogen and oxygen atoms in total. The van der Waals surface area contributed by atoms with Crippen molar-refractivity contribution in [1.82, 2.24) is 10.7 Å². The molecule has 2 amide bonds. The molecule has 0 fully saturated rings. The van der Waals surface area contributed by atoms with Crippen LogP contribution in [-0.2, 0) is 4.79 Å². The zero-order valence-corrected chi connectivity index (χ0v) is 16.0. The van der Waals surface area contributed by atoms with Gasteiger partial charge in [-0.2, -0.15) is 5.10 Å². The van der Waals surface area contributed by atoms with Crippen LogP contribution < -0.4 is 10.7 Å². The lowest BCUT2D eigenvalue weighted by molar-refractivity contribution is -0.120. The number of amides is 2. The molecule has 2 rings (SSSR count). The summed E-state index contributed by atoms with van der Waals surface area (Å²) in [6.07, 6.45) is 1.64. The summed E-state index contributed by atoms with van der Waals surface area (Å²) in [7, 11) is 0. The van der Waals surface area contributed by atoms with Crippen molar-refractivity contribution in [3.8, 4) is 0 Å². The minimum atomic E-state index is -0.329. The molecule has 0 saturated heterocycles. The molecule has 25 heavy (non-hydrogen) atoms. The molecule has 0 aliphatic rings. The van der Waals surface area contributed by atoms with Gasteiger partial charge in [0.1, 0.15) is 0 Å². The number of nitrogens with zero attached hydrogens (tertiary/aromatic N) is 1. The van der Waals surface area contributed by atoms with E-state index in [-0.39, 0.29) is 24.8 Å². The van der Waals surface area contributed by atoms with Gasteiger partial charge in [0.05, 0.1) is 16.3 Å². The topological polar surface area (TPSA) is 70.6 Å². The largest absolute Gasteiger partial charge is 0.352 e. The first-order valence-electron chi connectivity index (χ1n) is 7.26. The van der Waals surface area contributed by atoms with Gasteiger partial charge in [0.25, 0.3) is 5.91 Å². The molecule has 130 valence electrons. The molecule has 0 bridgehead atoms. The minimum Gasteiger partial charge on any atom is -0.352 e. The maximum Gasteiger partial charge on any atom is 0.251 e. The van der Waals surface area contributed by atoms with E-state index in [4.69, 9.17) is 23.2 Å². The molecule has 2 N–H and O–H groups in total. The van der Waals surface area contributed by atoms with Crippen molar-refractivity contribution in [1.29, 1.82) is 0 Å². The molecule has 0 atom stereocenters. The van der Waals surface area contributed by atoms with E-state index < -0.39 is 0 Å². The highest BCUT2D eigenvalue weighted by atomic mass is 79.9. The Morgan fingerprint density at radius 1 is 1.08 bits per heavy atom. The van der Waals surface area contributed by atoms with Crippen LogP contribution in [0.4, 0.5) is 0 Å². The first kappa shape index (κ1) is 19.4. The zero-order chi connectivity index (χ0) is 18.2. The van der Waals surface area contributed by atoms with Gasteiger partial charge in [0, 0.05) is 23.0 Å². The van der Waals surface area contributed by atoms with Crippen LogP contribution in [0.15, 0.2) is 52.0 Å². The standard InChI is InChI=1S/C17H14BrCl2N3O2/c18-13-4-1-11(2-5-13)10-22-23-16(24)7-8-21-17(25)12-3-6-14(19)15(20)9-12/h1-6,9-10H,7-8H2,(H,21,25)(H,23,24). The molecule has 0 heterocycles. The molecule has 2 aromatic carbocycles. The first-order valence-corrected chi connectivity index (χ1v) is 8.81. The van der Waals surface area contributed by atoms with Crippen molar-refractivity contribution in [3.05, 3.63) is 68.1 Å². The van der Waals surface area contributed by atoms with E-state index >= 15 is 0 Å². The first-order chi connectivity index (χ1) is 12.0. The van der Waals surface area contributed by atoms with E-state index in [1.807, 2.05) is 24.3 Å². The molecule has 0 saturated carbocycles. The Labute approximate surface area is 163 Å². The lowest BCUT2D eigenvalue weighted by atomic mass is 10.2. The van der Waals surface area contributed by atoms with E-state index in [9.17, 15) is 9.59 Å². The average Bonchev–Trinajstić information content (AvgIpc) is 2.59. The van der Waals surface area contributed by atoms with Gasteiger partial charge in [-0.05, 0) is 35.9 Å². The number of carbonyl (C=O) groups excluding carboxylic acids is 2. The Morgan fingerprint density at radius 2 is 1.80 bits per heavy atom. The van der Waals surface area contributed by atoms with Crippen LogP contribution in [-0.4, -0.2) is 24.6 Å². The second-order valence-corrected chi connectivity index (χ2v) is 6.71. The molecule has 0 aromatic heterocycles. The Hall–Kier alpha value is -1.89. The van der Waals surface area contributed by atoms with Gasteiger partial charge in [-0.25, -0.2) is 5.43 Å². The number of nitrogens with one attached hydrogen (secondary N) is 2. The number of hydrazone groups is 1. The van der Waals surface area contributed by atoms with E-state index in [0.717, 1.165) is 10.0 Å². The summed E-state index contributed by atoms with van der Waals surface area (Å²) in [5, 5.41) is 7.17. The SMILES string of the molecule is O=C(CCNC(=O)c1ccc(Cl)c(Cl)c1)NN=Cc1ccc(Br)cc1. The van der Waals surface area contributed by atoms with Crippen molar-refractivity contribution in [3.63, 3.8) is 0 Å². The molecule has 0 radical (unpaired) electrons. The van der Waals surface area contributed by atoms with Crippen LogP contribution in [0.1, 0.15) is 22.3 Å². The average molecular weight is 443 g/mol. The smallest absolute Gasteiger partial charge is 0.251 e. The van der Waals surface area contributed by atoms with Gasteiger partial charge < -0.3 is 5.32 Å². The molecular weight excluding hydrogens is 429 g/mol. The van der Waals surface area contributed by atoms with Crippen LogP contribution in [0.3, 0.4) is 0 Å². The van der Waals surface area contributed by atoms with Crippen LogP contribution in [0.5, 0.6) is 0 Å². The highest BCUT2D eigenvalue weighted by molar-refractivity contribution is 9.10. The molecule has 2 aromatic rings. The quantitative estimate of drug-likeness (QED) is 0.523.